The monoisotopic (exact) mass is 270 g/mol. The van der Waals surface area contributed by atoms with Gasteiger partial charge in [-0.1, -0.05) is 0 Å². The van der Waals surface area contributed by atoms with Crippen LogP contribution in [0.25, 0.3) is 0 Å². The number of rotatable bonds is 5. The molecule has 2 heterocycles. The van der Waals surface area contributed by atoms with Crippen LogP contribution in [-0.2, 0) is 14.3 Å². The number of hydrogen-bond donors (Lipinski definition) is 1. The lowest BCUT2D eigenvalue weighted by Gasteiger charge is -2.28. The summed E-state index contributed by atoms with van der Waals surface area (Å²) >= 11 is 0. The second-order valence-electron chi connectivity index (χ2n) is 5.52. The molecule has 0 aromatic rings. The molecule has 1 N–H and O–H groups in total. The largest absolute Gasteiger partial charge is 0.376 e. The van der Waals surface area contributed by atoms with E-state index in [-0.39, 0.29) is 24.7 Å². The van der Waals surface area contributed by atoms with Gasteiger partial charge in [0.25, 0.3) is 0 Å². The van der Waals surface area contributed by atoms with E-state index in [0.29, 0.717) is 6.54 Å². The van der Waals surface area contributed by atoms with Gasteiger partial charge in [0.1, 0.15) is 6.61 Å². The highest BCUT2D eigenvalue weighted by Crippen LogP contribution is 2.13. The minimum Gasteiger partial charge on any atom is -0.376 e. The fraction of sp³-hybridized carbons (Fsp3) is 0.929. The zero-order valence-electron chi connectivity index (χ0n) is 11.9. The summed E-state index contributed by atoms with van der Waals surface area (Å²) < 4.78 is 11.3. The fourth-order valence-electron chi connectivity index (χ4n) is 2.62. The molecule has 1 amide bonds. The Kier molecular flexibility index (Phi) is 6.07. The van der Waals surface area contributed by atoms with Gasteiger partial charge in [0.15, 0.2) is 0 Å². The van der Waals surface area contributed by atoms with E-state index in [0.717, 1.165) is 45.4 Å². The summed E-state index contributed by atoms with van der Waals surface area (Å²) in [6.45, 7) is 3.70. The van der Waals surface area contributed by atoms with E-state index in [4.69, 9.17) is 9.47 Å². The molecule has 5 nitrogen and oxygen atoms in total. The molecular formula is C14H26N2O3. The maximum absolute atomic E-state index is 12.0. The first-order valence-electron chi connectivity index (χ1n) is 7.43. The number of amides is 1. The van der Waals surface area contributed by atoms with Gasteiger partial charge in [-0.2, -0.15) is 0 Å². The molecule has 5 heteroatoms. The Balaban J connectivity index is 1.63. The minimum atomic E-state index is 0.0627. The number of hydrogen-bond acceptors (Lipinski definition) is 4. The van der Waals surface area contributed by atoms with Gasteiger partial charge in [-0.25, -0.2) is 0 Å². The van der Waals surface area contributed by atoms with E-state index in [9.17, 15) is 4.79 Å². The van der Waals surface area contributed by atoms with Gasteiger partial charge in [0.05, 0.1) is 12.2 Å². The Morgan fingerprint density at radius 2 is 2.11 bits per heavy atom. The molecule has 0 aromatic heterocycles. The number of likely N-dealkylation sites (N-methyl/N-ethyl adjacent to an activating group) is 1. The van der Waals surface area contributed by atoms with Crippen LogP contribution < -0.4 is 5.32 Å². The highest BCUT2D eigenvalue weighted by Gasteiger charge is 2.20. The highest BCUT2D eigenvalue weighted by atomic mass is 16.5. The molecule has 0 bridgehead atoms. The van der Waals surface area contributed by atoms with Gasteiger partial charge in [-0.05, 0) is 45.2 Å². The highest BCUT2D eigenvalue weighted by molar-refractivity contribution is 5.77. The second kappa shape index (κ2) is 7.82. The number of nitrogens with zero attached hydrogens (tertiary/aromatic N) is 1. The number of carbonyl (C=O) groups excluding carboxylic acids is 1. The van der Waals surface area contributed by atoms with E-state index in [2.05, 4.69) is 5.32 Å². The average molecular weight is 270 g/mol. The molecule has 2 fully saturated rings. The van der Waals surface area contributed by atoms with Crippen LogP contribution in [0, 0.1) is 0 Å². The van der Waals surface area contributed by atoms with E-state index in [1.54, 1.807) is 4.90 Å². The van der Waals surface area contributed by atoms with Crippen molar-refractivity contribution in [3.05, 3.63) is 0 Å². The summed E-state index contributed by atoms with van der Waals surface area (Å²) in [7, 11) is 1.84. The number of nitrogens with one attached hydrogen (secondary N) is 1. The van der Waals surface area contributed by atoms with Crippen LogP contribution in [-0.4, -0.2) is 62.9 Å². The maximum atomic E-state index is 12.0. The zero-order chi connectivity index (χ0) is 13.5. The van der Waals surface area contributed by atoms with Crippen molar-refractivity contribution >= 4 is 5.91 Å². The van der Waals surface area contributed by atoms with Crippen molar-refractivity contribution in [2.24, 2.45) is 0 Å². The molecule has 19 heavy (non-hydrogen) atoms. The van der Waals surface area contributed by atoms with Crippen LogP contribution in [0.3, 0.4) is 0 Å². The van der Waals surface area contributed by atoms with Crippen LogP contribution in [0.2, 0.25) is 0 Å². The molecule has 0 spiro atoms. The van der Waals surface area contributed by atoms with Gasteiger partial charge < -0.3 is 19.7 Å². The lowest BCUT2D eigenvalue weighted by molar-refractivity contribution is -0.139. The molecule has 0 aromatic carbocycles. The van der Waals surface area contributed by atoms with Crippen molar-refractivity contribution < 1.29 is 14.3 Å². The molecule has 2 aliphatic heterocycles. The van der Waals surface area contributed by atoms with Crippen molar-refractivity contribution in [1.29, 1.82) is 0 Å². The normalized spacial score (nSPS) is 25.2. The van der Waals surface area contributed by atoms with E-state index in [1.165, 1.54) is 6.42 Å². The van der Waals surface area contributed by atoms with Gasteiger partial charge in [0, 0.05) is 20.2 Å². The predicted molar refractivity (Wildman–Crippen MR) is 73.1 cm³/mol. The van der Waals surface area contributed by atoms with E-state index < -0.39 is 0 Å². The SMILES string of the molecule is CN(CC1CCCCO1)C(=O)COC1CCNCC1. The van der Waals surface area contributed by atoms with Gasteiger partial charge in [0.2, 0.25) is 5.91 Å². The Morgan fingerprint density at radius 1 is 1.32 bits per heavy atom. The minimum absolute atomic E-state index is 0.0627. The predicted octanol–water partition coefficient (Wildman–Crippen LogP) is 0.783. The molecule has 0 radical (unpaired) electrons. The third-order valence-corrected chi connectivity index (χ3v) is 3.91. The quantitative estimate of drug-likeness (QED) is 0.802. The Hall–Kier alpha value is -0.650. The molecule has 2 rings (SSSR count). The summed E-state index contributed by atoms with van der Waals surface area (Å²) in [6.07, 6.45) is 5.87. The van der Waals surface area contributed by atoms with Crippen molar-refractivity contribution in [3.63, 3.8) is 0 Å². The van der Waals surface area contributed by atoms with Gasteiger partial charge in [-0.15, -0.1) is 0 Å². The average Bonchev–Trinajstić information content (AvgIpc) is 2.47. The third-order valence-electron chi connectivity index (χ3n) is 3.91. The van der Waals surface area contributed by atoms with Crippen LogP contribution in [0.5, 0.6) is 0 Å². The molecule has 1 unspecified atom stereocenters. The first-order valence-corrected chi connectivity index (χ1v) is 7.43. The van der Waals surface area contributed by atoms with Crippen molar-refractivity contribution in [2.45, 2.75) is 44.3 Å². The Bertz CT molecular complexity index is 274. The molecule has 110 valence electrons. The van der Waals surface area contributed by atoms with Crippen LogP contribution in [0.4, 0.5) is 0 Å². The van der Waals surface area contributed by atoms with Crippen LogP contribution >= 0.6 is 0 Å². The number of ether oxygens (including phenoxy) is 2. The van der Waals surface area contributed by atoms with Gasteiger partial charge >= 0.3 is 0 Å². The molecule has 2 aliphatic rings. The van der Waals surface area contributed by atoms with E-state index in [1.807, 2.05) is 7.05 Å². The molecule has 0 aliphatic carbocycles. The smallest absolute Gasteiger partial charge is 0.248 e. The number of piperidine rings is 1. The summed E-state index contributed by atoms with van der Waals surface area (Å²) in [5.74, 6) is 0.0627. The Morgan fingerprint density at radius 3 is 2.79 bits per heavy atom. The summed E-state index contributed by atoms with van der Waals surface area (Å²) in [5.41, 5.74) is 0. The van der Waals surface area contributed by atoms with Gasteiger partial charge in [-0.3, -0.25) is 4.79 Å². The number of carbonyl (C=O) groups is 1. The van der Waals surface area contributed by atoms with Crippen LogP contribution in [0.15, 0.2) is 0 Å². The zero-order valence-corrected chi connectivity index (χ0v) is 11.9. The maximum Gasteiger partial charge on any atom is 0.248 e. The van der Waals surface area contributed by atoms with Crippen molar-refractivity contribution in [3.8, 4) is 0 Å². The third kappa shape index (κ3) is 5.09. The van der Waals surface area contributed by atoms with E-state index >= 15 is 0 Å². The Labute approximate surface area is 115 Å². The first kappa shape index (κ1) is 14.8. The van der Waals surface area contributed by atoms with Crippen molar-refractivity contribution in [1.82, 2.24) is 10.2 Å². The molecular weight excluding hydrogens is 244 g/mol. The standard InChI is InChI=1S/C14H26N2O3/c1-16(10-13-4-2-3-9-18-13)14(17)11-19-12-5-7-15-8-6-12/h12-13,15H,2-11H2,1H3. The summed E-state index contributed by atoms with van der Waals surface area (Å²) in [6, 6.07) is 0. The molecule has 2 saturated heterocycles. The second-order valence-corrected chi connectivity index (χ2v) is 5.52. The molecule has 1 atom stereocenters. The first-order chi connectivity index (χ1) is 9.25. The lowest BCUT2D eigenvalue weighted by atomic mass is 10.1. The van der Waals surface area contributed by atoms with Crippen LogP contribution in [0.1, 0.15) is 32.1 Å². The lowest BCUT2D eigenvalue weighted by Crippen LogP contribution is -2.40. The topological polar surface area (TPSA) is 50.8 Å². The summed E-state index contributed by atoms with van der Waals surface area (Å²) in [4.78, 5) is 13.7. The fourth-order valence-corrected chi connectivity index (χ4v) is 2.62. The van der Waals surface area contributed by atoms with Crippen molar-refractivity contribution in [2.75, 3.05) is 39.9 Å². The summed E-state index contributed by atoms with van der Waals surface area (Å²) in [5, 5.41) is 3.29. The molecule has 0 saturated carbocycles.